The Morgan fingerprint density at radius 2 is 1.17 bits per heavy atom. The molecule has 0 aliphatic carbocycles. The fraction of sp³-hybridized carbons (Fsp3) is 0.647. The minimum atomic E-state index is 0.187. The molecular formula is C17H29B. The molecule has 0 heterocycles. The second-order valence-electron chi connectivity index (χ2n) is 8.48. The van der Waals surface area contributed by atoms with Crippen LogP contribution in [-0.4, -0.2) is 7.85 Å². The van der Waals surface area contributed by atoms with E-state index in [9.17, 15) is 0 Å². The average Bonchev–Trinajstić information content (AvgIpc) is 2.12. The van der Waals surface area contributed by atoms with Gasteiger partial charge in [0.2, 0.25) is 0 Å². The molecular weight excluding hydrogens is 215 g/mol. The van der Waals surface area contributed by atoms with Gasteiger partial charge in [-0.05, 0) is 32.8 Å². The summed E-state index contributed by atoms with van der Waals surface area (Å²) >= 11 is 0. The third-order valence-electron chi connectivity index (χ3n) is 3.43. The van der Waals surface area contributed by atoms with Crippen LogP contribution in [0.3, 0.4) is 0 Å². The van der Waals surface area contributed by atoms with Crippen molar-refractivity contribution in [1.82, 2.24) is 0 Å². The summed E-state index contributed by atoms with van der Waals surface area (Å²) in [6.07, 6.45) is 0. The lowest BCUT2D eigenvalue weighted by molar-refractivity contribution is 0.517. The first-order chi connectivity index (χ1) is 7.85. The fourth-order valence-corrected chi connectivity index (χ4v) is 2.61. The van der Waals surface area contributed by atoms with Crippen LogP contribution >= 0.6 is 0 Å². The van der Waals surface area contributed by atoms with Gasteiger partial charge in [-0.3, -0.25) is 0 Å². The zero-order valence-corrected chi connectivity index (χ0v) is 13.7. The summed E-state index contributed by atoms with van der Waals surface area (Å²) < 4.78 is 0. The predicted octanol–water partition coefficient (Wildman–Crippen LogP) is 4.15. The van der Waals surface area contributed by atoms with Gasteiger partial charge in [-0.15, -0.1) is 0 Å². The van der Waals surface area contributed by atoms with E-state index in [1.165, 1.54) is 16.7 Å². The Kier molecular flexibility index (Phi) is 3.78. The molecule has 0 aromatic heterocycles. The fourth-order valence-electron chi connectivity index (χ4n) is 2.61. The summed E-state index contributed by atoms with van der Waals surface area (Å²) in [4.78, 5) is 0. The summed E-state index contributed by atoms with van der Waals surface area (Å²) in [6, 6.07) is 6.82. The van der Waals surface area contributed by atoms with E-state index < -0.39 is 0 Å². The molecule has 0 unspecified atom stereocenters. The van der Waals surface area contributed by atoms with Crippen molar-refractivity contribution in [3.8, 4) is 0 Å². The molecule has 0 amide bonds. The minimum absolute atomic E-state index is 0.187. The molecule has 0 N–H and O–H groups in total. The number of rotatable bonds is 1. The minimum Gasteiger partial charge on any atom is -0.0632 e. The Balaban J connectivity index is 3.68. The first kappa shape index (κ1) is 15.3. The molecule has 0 bridgehead atoms. The summed E-state index contributed by atoms with van der Waals surface area (Å²) in [6.45, 7) is 18.5. The zero-order chi connectivity index (χ0) is 14.4. The van der Waals surface area contributed by atoms with E-state index in [1.807, 2.05) is 0 Å². The van der Waals surface area contributed by atoms with Gasteiger partial charge in [0, 0.05) is 0 Å². The quantitative estimate of drug-likeness (QED) is 0.651. The standard InChI is InChI=1S/C17H29B/c1-15(2,3)12-10-9-11-13(17(7,8)18)14(12)16(4,5)6/h9-11H,18H2,1-8H3. The van der Waals surface area contributed by atoms with Gasteiger partial charge in [0.15, 0.2) is 0 Å². The van der Waals surface area contributed by atoms with Crippen molar-refractivity contribution in [3.63, 3.8) is 0 Å². The topological polar surface area (TPSA) is 0 Å². The lowest BCUT2D eigenvalue weighted by Crippen LogP contribution is -2.29. The van der Waals surface area contributed by atoms with Crippen molar-refractivity contribution in [2.24, 2.45) is 0 Å². The Morgan fingerprint density at radius 1 is 0.722 bits per heavy atom. The largest absolute Gasteiger partial charge is 0.114 e. The van der Waals surface area contributed by atoms with Gasteiger partial charge < -0.3 is 0 Å². The highest BCUT2D eigenvalue weighted by atomic mass is 14.3. The SMILES string of the molecule is BC(C)(C)c1cccc(C(C)(C)C)c1C(C)(C)C. The van der Waals surface area contributed by atoms with E-state index in [2.05, 4.69) is 81.4 Å². The second kappa shape index (κ2) is 4.44. The maximum absolute atomic E-state index is 2.33. The van der Waals surface area contributed by atoms with E-state index in [0.29, 0.717) is 0 Å². The smallest absolute Gasteiger partial charge is 0.0632 e. The molecule has 1 aromatic carbocycles. The first-order valence-electron chi connectivity index (χ1n) is 6.99. The van der Waals surface area contributed by atoms with Crippen molar-refractivity contribution in [3.05, 3.63) is 34.9 Å². The lowest BCUT2D eigenvalue weighted by Gasteiger charge is -2.36. The van der Waals surface area contributed by atoms with Gasteiger partial charge >= 0.3 is 0 Å². The molecule has 0 saturated heterocycles. The van der Waals surface area contributed by atoms with Crippen LogP contribution in [0.4, 0.5) is 0 Å². The molecule has 0 fully saturated rings. The molecule has 0 saturated carbocycles. The first-order valence-corrected chi connectivity index (χ1v) is 6.99. The summed E-state index contributed by atoms with van der Waals surface area (Å²) in [5.74, 6) is 0. The normalized spacial score (nSPS) is 13.8. The monoisotopic (exact) mass is 244 g/mol. The van der Waals surface area contributed by atoms with Crippen molar-refractivity contribution in [2.75, 3.05) is 0 Å². The molecule has 0 nitrogen and oxygen atoms in total. The Morgan fingerprint density at radius 3 is 1.50 bits per heavy atom. The molecule has 1 heteroatoms. The molecule has 100 valence electrons. The van der Waals surface area contributed by atoms with Crippen LogP contribution < -0.4 is 0 Å². The van der Waals surface area contributed by atoms with Gasteiger partial charge in [0.05, 0.1) is 0 Å². The van der Waals surface area contributed by atoms with Crippen LogP contribution in [0.5, 0.6) is 0 Å². The molecule has 0 aliphatic rings. The van der Waals surface area contributed by atoms with Crippen LogP contribution in [0.1, 0.15) is 72.1 Å². The summed E-state index contributed by atoms with van der Waals surface area (Å²) in [7, 11) is 2.31. The number of hydrogen-bond acceptors (Lipinski definition) is 0. The molecule has 1 aromatic rings. The molecule has 0 atom stereocenters. The van der Waals surface area contributed by atoms with Crippen molar-refractivity contribution >= 4 is 7.85 Å². The Labute approximate surface area is 115 Å². The van der Waals surface area contributed by atoms with Gasteiger partial charge in [-0.1, -0.05) is 73.6 Å². The maximum Gasteiger partial charge on any atom is 0.114 e. The number of hydrogen-bond donors (Lipinski definition) is 0. The summed E-state index contributed by atoms with van der Waals surface area (Å²) in [5, 5.41) is 0.198. The second-order valence-corrected chi connectivity index (χ2v) is 8.48. The number of benzene rings is 1. The van der Waals surface area contributed by atoms with Crippen LogP contribution in [0, 0.1) is 0 Å². The lowest BCUT2D eigenvalue weighted by atomic mass is 9.61. The van der Waals surface area contributed by atoms with E-state index >= 15 is 0 Å². The van der Waals surface area contributed by atoms with Gasteiger partial charge in [0.1, 0.15) is 7.85 Å². The zero-order valence-electron chi connectivity index (χ0n) is 13.7. The van der Waals surface area contributed by atoms with E-state index in [0.717, 1.165) is 0 Å². The Hall–Kier alpha value is -0.715. The molecule has 18 heavy (non-hydrogen) atoms. The van der Waals surface area contributed by atoms with Crippen LogP contribution in [0.15, 0.2) is 18.2 Å². The van der Waals surface area contributed by atoms with Gasteiger partial charge in [-0.2, -0.15) is 0 Å². The van der Waals surface area contributed by atoms with Crippen LogP contribution in [0.25, 0.3) is 0 Å². The molecule has 0 aliphatic heterocycles. The van der Waals surface area contributed by atoms with Gasteiger partial charge in [0.25, 0.3) is 0 Å². The van der Waals surface area contributed by atoms with Crippen LogP contribution in [-0.2, 0) is 16.1 Å². The van der Waals surface area contributed by atoms with Crippen molar-refractivity contribution < 1.29 is 0 Å². The highest BCUT2D eigenvalue weighted by molar-refractivity contribution is 6.15. The molecule has 1 rings (SSSR count). The predicted molar refractivity (Wildman–Crippen MR) is 85.4 cm³/mol. The van der Waals surface area contributed by atoms with Crippen molar-refractivity contribution in [1.29, 1.82) is 0 Å². The molecule has 0 radical (unpaired) electrons. The molecule has 0 spiro atoms. The average molecular weight is 244 g/mol. The van der Waals surface area contributed by atoms with E-state index in [4.69, 9.17) is 0 Å². The van der Waals surface area contributed by atoms with E-state index in [1.54, 1.807) is 0 Å². The third kappa shape index (κ3) is 3.19. The highest BCUT2D eigenvalue weighted by Crippen LogP contribution is 2.39. The highest BCUT2D eigenvalue weighted by Gasteiger charge is 2.30. The maximum atomic E-state index is 2.33. The summed E-state index contributed by atoms with van der Waals surface area (Å²) in [5.41, 5.74) is 4.89. The van der Waals surface area contributed by atoms with E-state index in [-0.39, 0.29) is 16.1 Å². The van der Waals surface area contributed by atoms with Crippen LogP contribution in [0.2, 0.25) is 0 Å². The third-order valence-corrected chi connectivity index (χ3v) is 3.43. The Bertz CT molecular complexity index is 390. The van der Waals surface area contributed by atoms with Gasteiger partial charge in [-0.25, -0.2) is 0 Å². The van der Waals surface area contributed by atoms with Crippen molar-refractivity contribution in [2.45, 2.75) is 71.5 Å².